The topological polar surface area (TPSA) is 44.0 Å². The van der Waals surface area contributed by atoms with E-state index in [1.165, 1.54) is 0 Å². The first kappa shape index (κ1) is 10.1. The predicted molar refractivity (Wildman–Crippen MR) is 50.5 cm³/mol. The third kappa shape index (κ3) is 1.14. The highest BCUT2D eigenvalue weighted by Crippen LogP contribution is 2.59. The number of nitriles is 1. The molecule has 2 heteroatoms. The van der Waals surface area contributed by atoms with Crippen LogP contribution in [0.5, 0.6) is 0 Å². The molecule has 1 rings (SSSR count). The zero-order chi connectivity index (χ0) is 10.3. The molecule has 0 radical (unpaired) electrons. The van der Waals surface area contributed by atoms with E-state index in [-0.39, 0.29) is 0 Å². The Kier molecular flexibility index (Phi) is 1.94. The van der Waals surface area contributed by atoms with Crippen molar-refractivity contribution in [2.24, 2.45) is 10.8 Å². The smallest absolute Gasteiger partial charge is 0.148 e. The summed E-state index contributed by atoms with van der Waals surface area (Å²) in [6.07, 6.45) is 6.76. The van der Waals surface area contributed by atoms with E-state index in [2.05, 4.69) is 12.0 Å². The molecule has 2 nitrogen and oxygen atoms in total. The van der Waals surface area contributed by atoms with Gasteiger partial charge in [0, 0.05) is 5.41 Å². The van der Waals surface area contributed by atoms with Gasteiger partial charge in [-0.15, -0.1) is 6.42 Å². The predicted octanol–water partition coefficient (Wildman–Crippen LogP) is 1.70. The van der Waals surface area contributed by atoms with Gasteiger partial charge in [-0.2, -0.15) is 5.26 Å². The van der Waals surface area contributed by atoms with Gasteiger partial charge in [-0.05, 0) is 12.8 Å². The average Bonchev–Trinajstić information content (AvgIpc) is 2.81. The van der Waals surface area contributed by atoms with Crippen LogP contribution in [0.1, 0.15) is 33.6 Å². The van der Waals surface area contributed by atoms with Gasteiger partial charge in [-0.25, -0.2) is 0 Å². The standard InChI is InChI=1S/C11H15NO/c1-5-11(13,9(2,3)4)10(8-12)6-7-10/h1,13H,6-7H2,2-4H3/t11-/m1/s1. The molecule has 0 spiro atoms. The van der Waals surface area contributed by atoms with Crippen molar-refractivity contribution >= 4 is 0 Å². The molecule has 0 aromatic heterocycles. The summed E-state index contributed by atoms with van der Waals surface area (Å²) in [5, 5.41) is 19.3. The van der Waals surface area contributed by atoms with E-state index in [0.717, 1.165) is 0 Å². The van der Waals surface area contributed by atoms with Crippen molar-refractivity contribution in [3.8, 4) is 18.4 Å². The largest absolute Gasteiger partial charge is 0.375 e. The normalized spacial score (nSPS) is 23.8. The van der Waals surface area contributed by atoms with Crippen LogP contribution in [0, 0.1) is 34.5 Å². The molecule has 1 fully saturated rings. The number of hydrogen-bond acceptors (Lipinski definition) is 2. The van der Waals surface area contributed by atoms with E-state index >= 15 is 0 Å². The molecule has 70 valence electrons. The van der Waals surface area contributed by atoms with Crippen molar-refractivity contribution < 1.29 is 5.11 Å². The molecule has 0 heterocycles. The third-order valence-corrected chi connectivity index (χ3v) is 2.95. The lowest BCUT2D eigenvalue weighted by Gasteiger charge is -2.39. The van der Waals surface area contributed by atoms with Crippen LogP contribution in [-0.2, 0) is 0 Å². The second kappa shape index (κ2) is 2.50. The highest BCUT2D eigenvalue weighted by molar-refractivity contribution is 5.32. The summed E-state index contributed by atoms with van der Waals surface area (Å²) in [4.78, 5) is 0. The molecule has 0 aromatic carbocycles. The fourth-order valence-corrected chi connectivity index (χ4v) is 1.75. The molecule has 0 amide bonds. The minimum atomic E-state index is -1.30. The van der Waals surface area contributed by atoms with Crippen LogP contribution in [0.15, 0.2) is 0 Å². The first-order valence-corrected chi connectivity index (χ1v) is 4.44. The van der Waals surface area contributed by atoms with Crippen molar-refractivity contribution in [3.05, 3.63) is 0 Å². The number of nitrogens with zero attached hydrogens (tertiary/aromatic N) is 1. The van der Waals surface area contributed by atoms with Crippen LogP contribution < -0.4 is 0 Å². The number of aliphatic hydroxyl groups is 1. The minimum Gasteiger partial charge on any atom is -0.375 e. The Morgan fingerprint density at radius 3 is 1.92 bits per heavy atom. The SMILES string of the molecule is C#C[C@@](O)(C(C)(C)C)C1(C#N)CC1. The highest BCUT2D eigenvalue weighted by atomic mass is 16.3. The molecule has 0 aromatic rings. The summed E-state index contributed by atoms with van der Waals surface area (Å²) >= 11 is 0. The van der Waals surface area contributed by atoms with Gasteiger partial charge in [0.2, 0.25) is 0 Å². The summed E-state index contributed by atoms with van der Waals surface area (Å²) in [5.74, 6) is 2.41. The molecule has 13 heavy (non-hydrogen) atoms. The second-order valence-electron chi connectivity index (χ2n) is 4.80. The Morgan fingerprint density at radius 2 is 1.85 bits per heavy atom. The summed E-state index contributed by atoms with van der Waals surface area (Å²) in [5.41, 5.74) is -2.44. The maximum absolute atomic E-state index is 10.3. The van der Waals surface area contributed by atoms with Gasteiger partial charge in [0.15, 0.2) is 0 Å². The average molecular weight is 177 g/mol. The summed E-state index contributed by atoms with van der Waals surface area (Å²) in [6.45, 7) is 5.60. The Balaban J connectivity index is 3.13. The van der Waals surface area contributed by atoms with Crippen LogP contribution in [-0.4, -0.2) is 10.7 Å². The van der Waals surface area contributed by atoms with Crippen LogP contribution in [0.4, 0.5) is 0 Å². The molecular formula is C11H15NO. The van der Waals surface area contributed by atoms with Crippen molar-refractivity contribution in [1.29, 1.82) is 5.26 Å². The second-order valence-corrected chi connectivity index (χ2v) is 4.80. The van der Waals surface area contributed by atoms with Crippen molar-refractivity contribution in [2.75, 3.05) is 0 Å². The van der Waals surface area contributed by atoms with E-state index in [1.807, 2.05) is 20.8 Å². The molecule has 1 N–H and O–H groups in total. The summed E-state index contributed by atoms with van der Waals surface area (Å²) in [7, 11) is 0. The Hall–Kier alpha value is -0.990. The van der Waals surface area contributed by atoms with E-state index < -0.39 is 16.4 Å². The van der Waals surface area contributed by atoms with Crippen molar-refractivity contribution in [2.45, 2.75) is 39.2 Å². The maximum atomic E-state index is 10.3. The van der Waals surface area contributed by atoms with Gasteiger partial charge in [-0.3, -0.25) is 0 Å². The van der Waals surface area contributed by atoms with Crippen molar-refractivity contribution in [3.63, 3.8) is 0 Å². The monoisotopic (exact) mass is 177 g/mol. The molecule has 0 bridgehead atoms. The lowest BCUT2D eigenvalue weighted by Crippen LogP contribution is -2.49. The maximum Gasteiger partial charge on any atom is 0.148 e. The van der Waals surface area contributed by atoms with Gasteiger partial charge in [-0.1, -0.05) is 26.7 Å². The molecule has 1 saturated carbocycles. The molecule has 1 aliphatic carbocycles. The minimum absolute atomic E-state index is 0.450. The lowest BCUT2D eigenvalue weighted by molar-refractivity contribution is -0.0468. The fraction of sp³-hybridized carbons (Fsp3) is 0.727. The zero-order valence-electron chi connectivity index (χ0n) is 8.39. The number of rotatable bonds is 1. The quantitative estimate of drug-likeness (QED) is 0.619. The van der Waals surface area contributed by atoms with Crippen molar-refractivity contribution in [1.82, 2.24) is 0 Å². The van der Waals surface area contributed by atoms with E-state index in [1.54, 1.807) is 0 Å². The van der Waals surface area contributed by atoms with Crippen LogP contribution >= 0.6 is 0 Å². The van der Waals surface area contributed by atoms with Gasteiger partial charge < -0.3 is 5.11 Å². The first-order chi connectivity index (χ1) is 5.83. The van der Waals surface area contributed by atoms with Gasteiger partial charge >= 0.3 is 0 Å². The van der Waals surface area contributed by atoms with Gasteiger partial charge in [0.25, 0.3) is 0 Å². The molecule has 0 saturated heterocycles. The summed E-state index contributed by atoms with van der Waals surface area (Å²) < 4.78 is 0. The van der Waals surface area contributed by atoms with Crippen LogP contribution in [0.2, 0.25) is 0 Å². The Morgan fingerprint density at radius 1 is 1.38 bits per heavy atom. The Labute approximate surface area is 79.6 Å². The highest BCUT2D eigenvalue weighted by Gasteiger charge is 2.63. The molecule has 1 aliphatic rings. The van der Waals surface area contributed by atoms with E-state index in [4.69, 9.17) is 11.7 Å². The van der Waals surface area contributed by atoms with Gasteiger partial charge in [0.05, 0.1) is 11.5 Å². The zero-order valence-corrected chi connectivity index (χ0v) is 8.39. The third-order valence-electron chi connectivity index (χ3n) is 2.95. The summed E-state index contributed by atoms with van der Waals surface area (Å²) in [6, 6.07) is 2.16. The molecule has 0 unspecified atom stereocenters. The molecular weight excluding hydrogens is 162 g/mol. The van der Waals surface area contributed by atoms with Crippen LogP contribution in [0.3, 0.4) is 0 Å². The van der Waals surface area contributed by atoms with E-state index in [0.29, 0.717) is 12.8 Å². The Bertz CT molecular complexity index is 296. The number of terminal acetylenes is 1. The van der Waals surface area contributed by atoms with Gasteiger partial charge in [0.1, 0.15) is 5.60 Å². The molecule has 0 aliphatic heterocycles. The first-order valence-electron chi connectivity index (χ1n) is 4.44. The van der Waals surface area contributed by atoms with Crippen LogP contribution in [0.25, 0.3) is 0 Å². The lowest BCUT2D eigenvalue weighted by atomic mass is 9.68. The fourth-order valence-electron chi connectivity index (χ4n) is 1.75. The number of hydrogen-bond donors (Lipinski definition) is 1. The molecule has 1 atom stereocenters. The van der Waals surface area contributed by atoms with E-state index in [9.17, 15) is 5.11 Å².